The van der Waals surface area contributed by atoms with Crippen molar-refractivity contribution in [1.29, 1.82) is 5.26 Å². The van der Waals surface area contributed by atoms with Gasteiger partial charge in [-0.25, -0.2) is 0 Å². The van der Waals surface area contributed by atoms with Crippen molar-refractivity contribution in [3.8, 4) is 6.07 Å². The maximum Gasteiger partial charge on any atom is 0.226 e. The highest BCUT2D eigenvalue weighted by atomic mass is 16.2. The van der Waals surface area contributed by atoms with Gasteiger partial charge in [-0.15, -0.1) is 0 Å². The summed E-state index contributed by atoms with van der Waals surface area (Å²) in [4.78, 5) is 13.8. The van der Waals surface area contributed by atoms with Crippen molar-refractivity contribution in [1.82, 2.24) is 4.90 Å². The van der Waals surface area contributed by atoms with E-state index in [1.807, 2.05) is 4.90 Å². The van der Waals surface area contributed by atoms with E-state index in [4.69, 9.17) is 5.26 Å². The summed E-state index contributed by atoms with van der Waals surface area (Å²) < 4.78 is 0. The highest BCUT2D eigenvalue weighted by Gasteiger charge is 2.36. The Labute approximate surface area is 91.1 Å². The predicted octanol–water partition coefficient (Wildman–Crippen LogP) is 2.08. The average Bonchev–Trinajstić information content (AvgIpc) is 3.10. The number of carbonyl (C=O) groups excluding carboxylic acids is 1. The maximum absolute atomic E-state index is 12.0. The molecule has 3 nitrogen and oxygen atoms in total. The van der Waals surface area contributed by atoms with Gasteiger partial charge in [0.05, 0.1) is 6.07 Å². The van der Waals surface area contributed by atoms with Crippen LogP contribution in [0.5, 0.6) is 0 Å². The molecule has 0 spiro atoms. The van der Waals surface area contributed by atoms with Gasteiger partial charge in [-0.05, 0) is 25.7 Å². The second-order valence-corrected chi connectivity index (χ2v) is 4.69. The Morgan fingerprint density at radius 3 is 2.40 bits per heavy atom. The molecule has 0 aromatic carbocycles. The van der Waals surface area contributed by atoms with Gasteiger partial charge in [0.1, 0.15) is 6.54 Å². The molecule has 0 aromatic heterocycles. The minimum absolute atomic E-state index is 0.239. The van der Waals surface area contributed by atoms with Crippen LogP contribution in [-0.2, 0) is 4.79 Å². The van der Waals surface area contributed by atoms with E-state index < -0.39 is 0 Å². The Morgan fingerprint density at radius 1 is 1.20 bits per heavy atom. The average molecular weight is 206 g/mol. The van der Waals surface area contributed by atoms with Crippen molar-refractivity contribution in [3.05, 3.63) is 0 Å². The summed E-state index contributed by atoms with van der Waals surface area (Å²) >= 11 is 0. The maximum atomic E-state index is 12.0. The molecule has 3 heteroatoms. The fourth-order valence-corrected chi connectivity index (χ4v) is 2.42. The topological polar surface area (TPSA) is 44.1 Å². The van der Waals surface area contributed by atoms with Crippen molar-refractivity contribution in [2.45, 2.75) is 51.0 Å². The van der Waals surface area contributed by atoms with Gasteiger partial charge in [0.15, 0.2) is 0 Å². The second kappa shape index (κ2) is 4.65. The van der Waals surface area contributed by atoms with Gasteiger partial charge in [-0.3, -0.25) is 4.79 Å². The van der Waals surface area contributed by atoms with Gasteiger partial charge in [0, 0.05) is 12.0 Å². The lowest BCUT2D eigenvalue weighted by atomic mass is 9.94. The fourth-order valence-electron chi connectivity index (χ4n) is 2.42. The van der Waals surface area contributed by atoms with Crippen LogP contribution in [0, 0.1) is 17.2 Å². The van der Waals surface area contributed by atoms with Gasteiger partial charge in [0.25, 0.3) is 0 Å². The fraction of sp³-hybridized carbons (Fsp3) is 0.833. The number of hydrogen-bond acceptors (Lipinski definition) is 2. The Kier molecular flexibility index (Phi) is 3.25. The molecule has 0 heterocycles. The molecule has 0 unspecified atom stereocenters. The van der Waals surface area contributed by atoms with Crippen LogP contribution in [0.25, 0.3) is 0 Å². The lowest BCUT2D eigenvalue weighted by Gasteiger charge is -2.32. The number of nitriles is 1. The third-order valence-electron chi connectivity index (χ3n) is 3.47. The molecule has 0 radical (unpaired) electrons. The molecular weight excluding hydrogens is 188 g/mol. The third kappa shape index (κ3) is 2.50. The van der Waals surface area contributed by atoms with Gasteiger partial charge in [0.2, 0.25) is 5.91 Å². The molecular formula is C12H18N2O. The molecule has 82 valence electrons. The number of amides is 1. The van der Waals surface area contributed by atoms with Crippen molar-refractivity contribution < 1.29 is 4.79 Å². The van der Waals surface area contributed by atoms with Crippen molar-refractivity contribution in [2.24, 2.45) is 5.92 Å². The molecule has 2 rings (SSSR count). The summed E-state index contributed by atoms with van der Waals surface area (Å²) in [6, 6.07) is 2.49. The van der Waals surface area contributed by atoms with Crippen LogP contribution in [0.4, 0.5) is 0 Å². The SMILES string of the molecule is N#CCN(C(=O)C1CC1)C1CCCCC1. The zero-order valence-electron chi connectivity index (χ0n) is 9.11. The minimum Gasteiger partial charge on any atom is -0.326 e. The highest BCUT2D eigenvalue weighted by molar-refractivity contribution is 5.81. The van der Waals surface area contributed by atoms with E-state index in [0.29, 0.717) is 12.6 Å². The lowest BCUT2D eigenvalue weighted by Crippen LogP contribution is -2.42. The Balaban J connectivity index is 1.97. The summed E-state index contributed by atoms with van der Waals surface area (Å²) in [6.45, 7) is 0.292. The molecule has 2 aliphatic carbocycles. The summed E-state index contributed by atoms with van der Waals surface area (Å²) in [5.41, 5.74) is 0. The van der Waals surface area contributed by atoms with Crippen molar-refractivity contribution in [3.63, 3.8) is 0 Å². The summed E-state index contributed by atoms with van der Waals surface area (Å²) in [5, 5.41) is 8.77. The van der Waals surface area contributed by atoms with Gasteiger partial charge in [-0.2, -0.15) is 5.26 Å². The van der Waals surface area contributed by atoms with E-state index in [1.54, 1.807) is 0 Å². The predicted molar refractivity (Wildman–Crippen MR) is 56.9 cm³/mol. The summed E-state index contributed by atoms with van der Waals surface area (Å²) in [6.07, 6.45) is 7.98. The molecule has 0 aromatic rings. The van der Waals surface area contributed by atoms with E-state index in [9.17, 15) is 4.79 Å². The van der Waals surface area contributed by atoms with E-state index in [2.05, 4.69) is 6.07 Å². The molecule has 0 N–H and O–H groups in total. The zero-order chi connectivity index (χ0) is 10.7. The molecule has 0 saturated heterocycles. The second-order valence-electron chi connectivity index (χ2n) is 4.69. The number of carbonyl (C=O) groups is 1. The first kappa shape index (κ1) is 10.5. The normalized spacial score (nSPS) is 22.1. The standard InChI is InChI=1S/C12H18N2O/c13-8-9-14(12(15)10-6-7-10)11-4-2-1-3-5-11/h10-11H,1-7,9H2. The van der Waals surface area contributed by atoms with Crippen LogP contribution >= 0.6 is 0 Å². The van der Waals surface area contributed by atoms with E-state index in [1.165, 1.54) is 19.3 Å². The van der Waals surface area contributed by atoms with Crippen LogP contribution in [-0.4, -0.2) is 23.4 Å². The van der Waals surface area contributed by atoms with Crippen LogP contribution in [0.1, 0.15) is 44.9 Å². The smallest absolute Gasteiger partial charge is 0.226 e. The van der Waals surface area contributed by atoms with E-state index in [-0.39, 0.29) is 11.8 Å². The lowest BCUT2D eigenvalue weighted by molar-refractivity contribution is -0.134. The molecule has 0 bridgehead atoms. The van der Waals surface area contributed by atoms with Gasteiger partial charge in [-0.1, -0.05) is 19.3 Å². The van der Waals surface area contributed by atoms with Crippen molar-refractivity contribution >= 4 is 5.91 Å². The molecule has 2 saturated carbocycles. The molecule has 1 amide bonds. The molecule has 0 atom stereocenters. The van der Waals surface area contributed by atoms with Gasteiger partial charge < -0.3 is 4.90 Å². The largest absolute Gasteiger partial charge is 0.326 e. The van der Waals surface area contributed by atoms with Gasteiger partial charge >= 0.3 is 0 Å². The van der Waals surface area contributed by atoms with Crippen LogP contribution in [0.15, 0.2) is 0 Å². The summed E-state index contributed by atoms with van der Waals surface area (Å²) in [5.74, 6) is 0.490. The Bertz CT molecular complexity index is 272. The Hall–Kier alpha value is -1.04. The van der Waals surface area contributed by atoms with Crippen LogP contribution in [0.3, 0.4) is 0 Å². The first-order valence-corrected chi connectivity index (χ1v) is 6.00. The number of nitrogens with zero attached hydrogens (tertiary/aromatic N) is 2. The first-order valence-electron chi connectivity index (χ1n) is 6.00. The number of rotatable bonds is 3. The Morgan fingerprint density at radius 2 is 1.87 bits per heavy atom. The van der Waals surface area contributed by atoms with Crippen molar-refractivity contribution in [2.75, 3.05) is 6.54 Å². The summed E-state index contributed by atoms with van der Waals surface area (Å²) in [7, 11) is 0. The molecule has 15 heavy (non-hydrogen) atoms. The third-order valence-corrected chi connectivity index (χ3v) is 3.47. The van der Waals surface area contributed by atoms with Crippen LogP contribution < -0.4 is 0 Å². The molecule has 0 aliphatic heterocycles. The van der Waals surface area contributed by atoms with E-state index in [0.717, 1.165) is 25.7 Å². The van der Waals surface area contributed by atoms with Crippen LogP contribution in [0.2, 0.25) is 0 Å². The monoisotopic (exact) mass is 206 g/mol. The van der Waals surface area contributed by atoms with E-state index >= 15 is 0 Å². The molecule has 2 fully saturated rings. The molecule has 2 aliphatic rings. The zero-order valence-corrected chi connectivity index (χ0v) is 9.11. The highest BCUT2D eigenvalue weighted by Crippen LogP contribution is 2.33. The minimum atomic E-state index is 0.239. The quantitative estimate of drug-likeness (QED) is 0.663. The first-order chi connectivity index (χ1) is 7.33. The number of hydrogen-bond donors (Lipinski definition) is 0.